The van der Waals surface area contributed by atoms with E-state index in [1.807, 2.05) is 19.2 Å². The largest absolute Gasteiger partial charge is 0.367 e. The lowest BCUT2D eigenvalue weighted by Gasteiger charge is -2.32. The molecule has 1 aliphatic rings. The number of anilines is 1. The van der Waals surface area contributed by atoms with Gasteiger partial charge in [-0.25, -0.2) is 4.39 Å². The molecule has 1 N–H and O–H groups in total. The summed E-state index contributed by atoms with van der Waals surface area (Å²) in [5, 5.41) is 3.07. The summed E-state index contributed by atoms with van der Waals surface area (Å²) in [5.41, 5.74) is 1.82. The van der Waals surface area contributed by atoms with E-state index in [0.29, 0.717) is 12.6 Å². The molecule has 0 saturated carbocycles. The second kappa shape index (κ2) is 6.35. The first-order valence-corrected chi connectivity index (χ1v) is 7.00. The normalized spacial score (nSPS) is 21.5. The number of halogens is 1. The number of likely N-dealkylation sites (N-methyl/N-ethyl adjacent to an activating group) is 1. The molecule has 0 radical (unpaired) electrons. The highest BCUT2D eigenvalue weighted by Crippen LogP contribution is 2.26. The van der Waals surface area contributed by atoms with Crippen LogP contribution in [0.3, 0.4) is 0 Å². The smallest absolute Gasteiger partial charge is 0.129 e. The van der Waals surface area contributed by atoms with E-state index in [0.717, 1.165) is 37.3 Å². The Morgan fingerprint density at radius 2 is 2.16 bits per heavy atom. The second-order valence-corrected chi connectivity index (χ2v) is 5.43. The number of nitrogens with one attached hydrogen (secondary N) is 1. The van der Waals surface area contributed by atoms with E-state index in [2.05, 4.69) is 29.1 Å². The lowest BCUT2D eigenvalue weighted by molar-refractivity contribution is 0.337. The maximum absolute atomic E-state index is 14.0. The van der Waals surface area contributed by atoms with Crippen molar-refractivity contribution in [2.24, 2.45) is 0 Å². The molecule has 1 unspecified atom stereocenters. The van der Waals surface area contributed by atoms with Crippen molar-refractivity contribution >= 4 is 5.69 Å². The summed E-state index contributed by atoms with van der Waals surface area (Å²) in [4.78, 5) is 4.70. The molecule has 0 amide bonds. The number of nitrogens with zero attached hydrogens (tertiary/aromatic N) is 2. The minimum atomic E-state index is -0.114. The van der Waals surface area contributed by atoms with Crippen LogP contribution in [-0.2, 0) is 6.54 Å². The van der Waals surface area contributed by atoms with Crippen LogP contribution in [0.4, 0.5) is 10.1 Å². The molecule has 0 bridgehead atoms. The maximum Gasteiger partial charge on any atom is 0.129 e. The van der Waals surface area contributed by atoms with Gasteiger partial charge >= 0.3 is 0 Å². The number of hydrogen-bond acceptors (Lipinski definition) is 3. The van der Waals surface area contributed by atoms with Crippen LogP contribution in [0.1, 0.15) is 18.9 Å². The van der Waals surface area contributed by atoms with Crippen molar-refractivity contribution in [3.8, 4) is 0 Å². The molecule has 0 aliphatic carbocycles. The zero-order valence-corrected chi connectivity index (χ0v) is 12.1. The van der Waals surface area contributed by atoms with Crippen LogP contribution in [0.5, 0.6) is 0 Å². The lowest BCUT2D eigenvalue weighted by Crippen LogP contribution is -2.38. The Labute approximate surface area is 115 Å². The van der Waals surface area contributed by atoms with E-state index in [-0.39, 0.29) is 5.82 Å². The van der Waals surface area contributed by atoms with Gasteiger partial charge in [0.15, 0.2) is 0 Å². The summed E-state index contributed by atoms with van der Waals surface area (Å²) in [6.45, 7) is 5.91. The van der Waals surface area contributed by atoms with Crippen molar-refractivity contribution in [1.29, 1.82) is 0 Å². The van der Waals surface area contributed by atoms with E-state index >= 15 is 0 Å². The SMILES string of the molecule is CNCc1c(F)cccc1N1CCCN(C)CC1C. The molecule has 1 heterocycles. The van der Waals surface area contributed by atoms with Crippen LogP contribution >= 0.6 is 0 Å². The van der Waals surface area contributed by atoms with Gasteiger partial charge < -0.3 is 15.1 Å². The van der Waals surface area contributed by atoms with E-state index in [1.165, 1.54) is 0 Å². The third kappa shape index (κ3) is 3.25. The highest BCUT2D eigenvalue weighted by Gasteiger charge is 2.22. The Morgan fingerprint density at radius 3 is 2.89 bits per heavy atom. The van der Waals surface area contributed by atoms with E-state index < -0.39 is 0 Å². The fourth-order valence-corrected chi connectivity index (χ4v) is 2.90. The molecule has 2 rings (SSSR count). The Hall–Kier alpha value is -1.13. The van der Waals surface area contributed by atoms with Crippen molar-refractivity contribution < 1.29 is 4.39 Å². The first-order chi connectivity index (χ1) is 9.13. The Balaban J connectivity index is 2.31. The molecule has 1 aromatic rings. The van der Waals surface area contributed by atoms with E-state index in [1.54, 1.807) is 6.07 Å². The summed E-state index contributed by atoms with van der Waals surface area (Å²) in [7, 11) is 4.01. The average Bonchev–Trinajstić information content (AvgIpc) is 2.53. The quantitative estimate of drug-likeness (QED) is 0.902. The summed E-state index contributed by atoms with van der Waals surface area (Å²) in [6, 6.07) is 5.80. The van der Waals surface area contributed by atoms with Gasteiger partial charge in [-0.05, 0) is 46.1 Å². The topological polar surface area (TPSA) is 18.5 Å². The number of rotatable bonds is 3. The second-order valence-electron chi connectivity index (χ2n) is 5.43. The summed E-state index contributed by atoms with van der Waals surface area (Å²) in [5.74, 6) is -0.114. The highest BCUT2D eigenvalue weighted by atomic mass is 19.1. The van der Waals surface area contributed by atoms with Gasteiger partial charge in [0.05, 0.1) is 0 Å². The summed E-state index contributed by atoms with van der Waals surface area (Å²) >= 11 is 0. The molecule has 4 heteroatoms. The van der Waals surface area contributed by atoms with Gasteiger partial charge in [0.1, 0.15) is 5.82 Å². The Morgan fingerprint density at radius 1 is 1.37 bits per heavy atom. The van der Waals surface area contributed by atoms with Crippen LogP contribution in [0.2, 0.25) is 0 Å². The van der Waals surface area contributed by atoms with Crippen LogP contribution in [0.25, 0.3) is 0 Å². The molecule has 19 heavy (non-hydrogen) atoms. The van der Waals surface area contributed by atoms with Crippen LogP contribution in [-0.4, -0.2) is 44.7 Å². The van der Waals surface area contributed by atoms with Gasteiger partial charge in [-0.2, -0.15) is 0 Å². The minimum absolute atomic E-state index is 0.114. The fourth-order valence-electron chi connectivity index (χ4n) is 2.90. The molecule has 1 fully saturated rings. The Kier molecular flexibility index (Phi) is 4.77. The van der Waals surface area contributed by atoms with Crippen LogP contribution in [0, 0.1) is 5.82 Å². The first kappa shape index (κ1) is 14.3. The molecule has 106 valence electrons. The lowest BCUT2D eigenvalue weighted by atomic mass is 10.1. The standard InChI is InChI=1S/C15H24FN3/c1-12-11-18(3)8-5-9-19(12)15-7-4-6-14(16)13(15)10-17-2/h4,6-7,12,17H,5,8-11H2,1-3H3. The van der Waals surface area contributed by atoms with Crippen LogP contribution < -0.4 is 10.2 Å². The predicted octanol–water partition coefficient (Wildman–Crippen LogP) is 2.08. The number of benzene rings is 1. The third-order valence-corrected chi connectivity index (χ3v) is 3.80. The molecule has 0 spiro atoms. The maximum atomic E-state index is 14.0. The molecule has 1 aromatic carbocycles. The van der Waals surface area contributed by atoms with Gasteiger partial charge in [0, 0.05) is 36.9 Å². The minimum Gasteiger partial charge on any atom is -0.367 e. The third-order valence-electron chi connectivity index (χ3n) is 3.80. The molecular weight excluding hydrogens is 241 g/mol. The zero-order valence-electron chi connectivity index (χ0n) is 12.1. The van der Waals surface area contributed by atoms with Gasteiger partial charge in [0.2, 0.25) is 0 Å². The number of hydrogen-bond donors (Lipinski definition) is 1. The summed E-state index contributed by atoms with van der Waals surface area (Å²) in [6.07, 6.45) is 1.12. The monoisotopic (exact) mass is 265 g/mol. The fraction of sp³-hybridized carbons (Fsp3) is 0.600. The van der Waals surface area contributed by atoms with E-state index in [9.17, 15) is 4.39 Å². The predicted molar refractivity (Wildman–Crippen MR) is 78.1 cm³/mol. The van der Waals surface area contributed by atoms with Gasteiger partial charge in [0.25, 0.3) is 0 Å². The summed E-state index contributed by atoms with van der Waals surface area (Å²) < 4.78 is 14.0. The highest BCUT2D eigenvalue weighted by molar-refractivity contribution is 5.55. The van der Waals surface area contributed by atoms with Crippen molar-refractivity contribution in [3.05, 3.63) is 29.6 Å². The zero-order chi connectivity index (χ0) is 13.8. The molecule has 0 aromatic heterocycles. The van der Waals surface area contributed by atoms with Crippen molar-refractivity contribution in [2.75, 3.05) is 38.6 Å². The van der Waals surface area contributed by atoms with Crippen LogP contribution in [0.15, 0.2) is 18.2 Å². The van der Waals surface area contributed by atoms with Gasteiger partial charge in [-0.3, -0.25) is 0 Å². The molecule has 1 aliphatic heterocycles. The van der Waals surface area contributed by atoms with Crippen molar-refractivity contribution in [2.45, 2.75) is 25.9 Å². The van der Waals surface area contributed by atoms with E-state index in [4.69, 9.17) is 0 Å². The van der Waals surface area contributed by atoms with Crippen molar-refractivity contribution in [3.63, 3.8) is 0 Å². The Bertz CT molecular complexity index is 422. The van der Waals surface area contributed by atoms with Gasteiger partial charge in [-0.15, -0.1) is 0 Å². The van der Waals surface area contributed by atoms with Crippen molar-refractivity contribution in [1.82, 2.24) is 10.2 Å². The first-order valence-electron chi connectivity index (χ1n) is 7.00. The van der Waals surface area contributed by atoms with Gasteiger partial charge in [-0.1, -0.05) is 6.07 Å². The molecule has 1 saturated heterocycles. The molecule has 3 nitrogen and oxygen atoms in total. The average molecular weight is 265 g/mol. The molecule has 1 atom stereocenters. The molecular formula is C15H24FN3.